The summed E-state index contributed by atoms with van der Waals surface area (Å²) in [4.78, 5) is 0. The van der Waals surface area contributed by atoms with Crippen LogP contribution in [0.2, 0.25) is 0 Å². The first-order valence-corrected chi connectivity index (χ1v) is 7.54. The SMILES string of the molecule is CCc1ccc(CC(CN)Cc2ccc(C)cc2)cc1. The van der Waals surface area contributed by atoms with Crippen molar-refractivity contribution in [1.29, 1.82) is 0 Å². The van der Waals surface area contributed by atoms with E-state index in [1.807, 2.05) is 0 Å². The number of aryl methyl sites for hydroxylation is 2. The Kier molecular flexibility index (Phi) is 5.37. The van der Waals surface area contributed by atoms with Crippen LogP contribution < -0.4 is 5.73 Å². The molecule has 0 bridgehead atoms. The van der Waals surface area contributed by atoms with Crippen LogP contribution in [-0.2, 0) is 19.3 Å². The van der Waals surface area contributed by atoms with Gasteiger partial charge in [-0.2, -0.15) is 0 Å². The molecule has 20 heavy (non-hydrogen) atoms. The summed E-state index contributed by atoms with van der Waals surface area (Å²) < 4.78 is 0. The maximum Gasteiger partial charge on any atom is -0.00425 e. The molecule has 1 unspecified atom stereocenters. The zero-order valence-electron chi connectivity index (χ0n) is 12.6. The van der Waals surface area contributed by atoms with Crippen LogP contribution >= 0.6 is 0 Å². The molecule has 0 saturated heterocycles. The quantitative estimate of drug-likeness (QED) is 0.843. The van der Waals surface area contributed by atoms with E-state index in [4.69, 9.17) is 5.73 Å². The van der Waals surface area contributed by atoms with E-state index in [0.717, 1.165) is 25.8 Å². The molecule has 1 atom stereocenters. The Bertz CT molecular complexity index is 510. The van der Waals surface area contributed by atoms with Gasteiger partial charge in [-0.25, -0.2) is 0 Å². The zero-order chi connectivity index (χ0) is 14.4. The first kappa shape index (κ1) is 14.8. The number of hydrogen-bond acceptors (Lipinski definition) is 1. The van der Waals surface area contributed by atoms with Crippen molar-refractivity contribution in [2.75, 3.05) is 6.54 Å². The van der Waals surface area contributed by atoms with Gasteiger partial charge in [0.1, 0.15) is 0 Å². The van der Waals surface area contributed by atoms with E-state index >= 15 is 0 Å². The third kappa shape index (κ3) is 4.21. The summed E-state index contributed by atoms with van der Waals surface area (Å²) in [5.41, 5.74) is 11.4. The number of benzene rings is 2. The summed E-state index contributed by atoms with van der Waals surface area (Å²) in [5.74, 6) is 0.519. The standard InChI is InChI=1S/C19H25N/c1-3-16-8-10-18(11-9-16)13-19(14-20)12-17-6-4-15(2)5-7-17/h4-11,19H,3,12-14,20H2,1-2H3. The predicted molar refractivity (Wildman–Crippen MR) is 87.0 cm³/mol. The van der Waals surface area contributed by atoms with Crippen molar-refractivity contribution in [2.45, 2.75) is 33.1 Å². The monoisotopic (exact) mass is 267 g/mol. The summed E-state index contributed by atoms with van der Waals surface area (Å²) in [5, 5.41) is 0. The minimum absolute atomic E-state index is 0.519. The van der Waals surface area contributed by atoms with Gasteiger partial charge in [0.15, 0.2) is 0 Å². The Morgan fingerprint density at radius 1 is 0.800 bits per heavy atom. The number of nitrogens with two attached hydrogens (primary N) is 1. The molecule has 0 spiro atoms. The minimum Gasteiger partial charge on any atom is -0.330 e. The van der Waals surface area contributed by atoms with Gasteiger partial charge in [0.05, 0.1) is 0 Å². The van der Waals surface area contributed by atoms with Crippen LogP contribution in [0.25, 0.3) is 0 Å². The van der Waals surface area contributed by atoms with Crippen LogP contribution in [0.3, 0.4) is 0 Å². The molecule has 2 aromatic carbocycles. The lowest BCUT2D eigenvalue weighted by Crippen LogP contribution is -2.19. The molecule has 2 rings (SSSR count). The fourth-order valence-electron chi connectivity index (χ4n) is 2.54. The van der Waals surface area contributed by atoms with Crippen LogP contribution in [0, 0.1) is 12.8 Å². The van der Waals surface area contributed by atoms with Gasteiger partial charge in [0.2, 0.25) is 0 Å². The molecule has 0 amide bonds. The normalized spacial score (nSPS) is 12.3. The van der Waals surface area contributed by atoms with Crippen LogP contribution in [0.15, 0.2) is 48.5 Å². The average molecular weight is 267 g/mol. The molecule has 106 valence electrons. The van der Waals surface area contributed by atoms with Gasteiger partial charge < -0.3 is 5.73 Å². The van der Waals surface area contributed by atoms with Gasteiger partial charge >= 0.3 is 0 Å². The van der Waals surface area contributed by atoms with E-state index in [9.17, 15) is 0 Å². The van der Waals surface area contributed by atoms with Crippen LogP contribution in [0.4, 0.5) is 0 Å². The molecule has 0 heterocycles. The van der Waals surface area contributed by atoms with Gasteiger partial charge in [0.25, 0.3) is 0 Å². The summed E-state index contributed by atoms with van der Waals surface area (Å²) in [6, 6.07) is 17.8. The summed E-state index contributed by atoms with van der Waals surface area (Å²) in [6.45, 7) is 5.05. The average Bonchev–Trinajstić information content (AvgIpc) is 2.49. The van der Waals surface area contributed by atoms with E-state index in [1.165, 1.54) is 22.3 Å². The van der Waals surface area contributed by atoms with E-state index < -0.39 is 0 Å². The molecule has 0 saturated carbocycles. The molecule has 2 N–H and O–H groups in total. The lowest BCUT2D eigenvalue weighted by atomic mass is 9.92. The van der Waals surface area contributed by atoms with Gasteiger partial charge in [-0.05, 0) is 55.3 Å². The van der Waals surface area contributed by atoms with Crippen molar-refractivity contribution in [2.24, 2.45) is 11.7 Å². The van der Waals surface area contributed by atoms with Crippen LogP contribution in [-0.4, -0.2) is 6.54 Å². The van der Waals surface area contributed by atoms with Crippen molar-refractivity contribution in [3.63, 3.8) is 0 Å². The lowest BCUT2D eigenvalue weighted by Gasteiger charge is -2.15. The van der Waals surface area contributed by atoms with Crippen LogP contribution in [0.5, 0.6) is 0 Å². The molecule has 1 heteroatoms. The number of hydrogen-bond donors (Lipinski definition) is 1. The molecular weight excluding hydrogens is 242 g/mol. The fraction of sp³-hybridized carbons (Fsp3) is 0.368. The molecule has 1 nitrogen and oxygen atoms in total. The Morgan fingerprint density at radius 3 is 1.70 bits per heavy atom. The summed E-state index contributed by atoms with van der Waals surface area (Å²) in [6.07, 6.45) is 3.23. The maximum absolute atomic E-state index is 5.95. The highest BCUT2D eigenvalue weighted by Crippen LogP contribution is 2.15. The summed E-state index contributed by atoms with van der Waals surface area (Å²) >= 11 is 0. The largest absolute Gasteiger partial charge is 0.330 e. The Morgan fingerprint density at radius 2 is 1.25 bits per heavy atom. The number of rotatable bonds is 6. The van der Waals surface area contributed by atoms with E-state index in [2.05, 4.69) is 62.4 Å². The zero-order valence-corrected chi connectivity index (χ0v) is 12.6. The topological polar surface area (TPSA) is 26.0 Å². The molecule has 0 aliphatic rings. The second-order valence-electron chi connectivity index (χ2n) is 5.67. The van der Waals surface area contributed by atoms with E-state index in [-0.39, 0.29) is 0 Å². The molecule has 0 aliphatic carbocycles. The third-order valence-electron chi connectivity index (χ3n) is 3.93. The fourth-order valence-corrected chi connectivity index (χ4v) is 2.54. The lowest BCUT2D eigenvalue weighted by molar-refractivity contribution is 0.533. The Hall–Kier alpha value is -1.60. The van der Waals surface area contributed by atoms with Gasteiger partial charge in [-0.3, -0.25) is 0 Å². The molecule has 0 fully saturated rings. The van der Waals surface area contributed by atoms with Crippen molar-refractivity contribution in [3.8, 4) is 0 Å². The van der Waals surface area contributed by atoms with E-state index in [1.54, 1.807) is 0 Å². The highest BCUT2D eigenvalue weighted by molar-refractivity contribution is 5.24. The van der Waals surface area contributed by atoms with Crippen molar-refractivity contribution in [1.82, 2.24) is 0 Å². The molecular formula is C19H25N. The summed E-state index contributed by atoms with van der Waals surface area (Å²) in [7, 11) is 0. The van der Waals surface area contributed by atoms with Crippen molar-refractivity contribution < 1.29 is 0 Å². The smallest absolute Gasteiger partial charge is 0.00425 e. The van der Waals surface area contributed by atoms with E-state index in [0.29, 0.717) is 5.92 Å². The second kappa shape index (κ2) is 7.25. The highest BCUT2D eigenvalue weighted by Gasteiger charge is 2.09. The van der Waals surface area contributed by atoms with Gasteiger partial charge in [0, 0.05) is 0 Å². The Balaban J connectivity index is 1.99. The minimum atomic E-state index is 0.519. The second-order valence-corrected chi connectivity index (χ2v) is 5.67. The van der Waals surface area contributed by atoms with Gasteiger partial charge in [-0.15, -0.1) is 0 Å². The molecule has 0 aliphatic heterocycles. The first-order valence-electron chi connectivity index (χ1n) is 7.54. The molecule has 2 aromatic rings. The third-order valence-corrected chi connectivity index (χ3v) is 3.93. The van der Waals surface area contributed by atoms with Crippen LogP contribution in [0.1, 0.15) is 29.2 Å². The highest BCUT2D eigenvalue weighted by atomic mass is 14.5. The molecule has 0 aromatic heterocycles. The van der Waals surface area contributed by atoms with Gasteiger partial charge in [-0.1, -0.05) is 61.0 Å². The maximum atomic E-state index is 5.95. The predicted octanol–water partition coefficient (Wildman–Crippen LogP) is 3.92. The van der Waals surface area contributed by atoms with Crippen molar-refractivity contribution in [3.05, 3.63) is 70.8 Å². The van der Waals surface area contributed by atoms with Crippen molar-refractivity contribution >= 4 is 0 Å². The Labute approximate surface area is 122 Å². The molecule has 0 radical (unpaired) electrons. The first-order chi connectivity index (χ1) is 9.71.